The highest BCUT2D eigenvalue weighted by Gasteiger charge is 2.34. The van der Waals surface area contributed by atoms with Crippen LogP contribution in [0.25, 0.3) is 0 Å². The van der Waals surface area contributed by atoms with Crippen LogP contribution in [0.15, 0.2) is 18.2 Å². The van der Waals surface area contributed by atoms with E-state index in [4.69, 9.17) is 11.6 Å². The molecule has 2 aliphatic rings. The first-order valence-corrected chi connectivity index (χ1v) is 8.12. The zero-order chi connectivity index (χ0) is 17.3. The van der Waals surface area contributed by atoms with Crippen molar-refractivity contribution in [3.63, 3.8) is 0 Å². The molecule has 1 aromatic carbocycles. The summed E-state index contributed by atoms with van der Waals surface area (Å²) < 4.78 is 29.1. The van der Waals surface area contributed by atoms with E-state index in [0.717, 1.165) is 6.42 Å². The Bertz CT molecular complexity index is 656. The number of ketones is 1. The van der Waals surface area contributed by atoms with Crippen LogP contribution in [0.3, 0.4) is 0 Å². The maximum atomic E-state index is 12.7. The van der Waals surface area contributed by atoms with Crippen LogP contribution >= 0.6 is 11.6 Å². The van der Waals surface area contributed by atoms with E-state index in [9.17, 15) is 18.4 Å². The number of alkyl halides is 2. The van der Waals surface area contributed by atoms with Crippen LogP contribution in [0.1, 0.15) is 23.2 Å². The monoisotopic (exact) mass is 358 g/mol. The van der Waals surface area contributed by atoms with Crippen LogP contribution in [0.4, 0.5) is 8.78 Å². The van der Waals surface area contributed by atoms with E-state index in [-0.39, 0.29) is 34.1 Å². The van der Waals surface area contributed by atoms with Crippen LogP contribution in [0.5, 0.6) is 5.75 Å². The Labute approximate surface area is 143 Å². The molecule has 2 fully saturated rings. The normalized spacial score (nSPS) is 21.8. The number of hydrogen-bond donors (Lipinski definition) is 0. The molecule has 1 aromatic rings. The molecule has 0 radical (unpaired) electrons. The first-order chi connectivity index (χ1) is 11.5. The topological polar surface area (TPSA) is 49.9 Å². The Hall–Kier alpha value is -1.73. The standard InChI is InChI=1S/C16H17ClF2N2O3/c17-14-12(2-1-3-13(14)24-16(18)19)15(23)21-7-6-20-9-11(22)5-4-10(20)8-21/h1-3,10,16H,4-9H2. The number of Topliss-reactive ketones (excluding diaryl/α,β-unsaturated/α-hetero) is 1. The van der Waals surface area contributed by atoms with Crippen molar-refractivity contribution in [2.24, 2.45) is 0 Å². The number of hydrogen-bond acceptors (Lipinski definition) is 4. The Morgan fingerprint density at radius 1 is 1.33 bits per heavy atom. The number of piperazine rings is 1. The molecule has 1 unspecified atom stereocenters. The highest BCUT2D eigenvalue weighted by molar-refractivity contribution is 6.35. The number of rotatable bonds is 3. The lowest BCUT2D eigenvalue weighted by atomic mass is 9.98. The molecule has 130 valence electrons. The van der Waals surface area contributed by atoms with Crippen molar-refractivity contribution in [1.82, 2.24) is 9.80 Å². The summed E-state index contributed by atoms with van der Waals surface area (Å²) in [6, 6.07) is 4.42. The number of piperidine rings is 1. The van der Waals surface area contributed by atoms with Gasteiger partial charge >= 0.3 is 6.61 Å². The van der Waals surface area contributed by atoms with Gasteiger partial charge in [-0.3, -0.25) is 14.5 Å². The highest BCUT2D eigenvalue weighted by Crippen LogP contribution is 2.31. The van der Waals surface area contributed by atoms with Crippen molar-refractivity contribution in [1.29, 1.82) is 0 Å². The van der Waals surface area contributed by atoms with Crippen LogP contribution in [0.2, 0.25) is 5.02 Å². The fraction of sp³-hybridized carbons (Fsp3) is 0.500. The average Bonchev–Trinajstić information content (AvgIpc) is 2.55. The van der Waals surface area contributed by atoms with Gasteiger partial charge in [0.05, 0.1) is 17.1 Å². The Morgan fingerprint density at radius 3 is 2.88 bits per heavy atom. The summed E-state index contributed by atoms with van der Waals surface area (Å²) in [5.41, 5.74) is 0.148. The molecule has 2 heterocycles. The van der Waals surface area contributed by atoms with Crippen molar-refractivity contribution in [2.75, 3.05) is 26.2 Å². The Balaban J connectivity index is 1.74. The summed E-state index contributed by atoms with van der Waals surface area (Å²) in [5.74, 6) is -0.290. The second-order valence-corrected chi connectivity index (χ2v) is 6.33. The van der Waals surface area contributed by atoms with E-state index < -0.39 is 6.61 Å². The van der Waals surface area contributed by atoms with Gasteiger partial charge in [0.25, 0.3) is 5.91 Å². The minimum Gasteiger partial charge on any atom is -0.433 e. The molecular weight excluding hydrogens is 342 g/mol. The zero-order valence-corrected chi connectivity index (χ0v) is 13.6. The Morgan fingerprint density at radius 2 is 2.12 bits per heavy atom. The molecule has 0 saturated carbocycles. The molecule has 1 amide bonds. The second kappa shape index (κ2) is 7.03. The largest absolute Gasteiger partial charge is 0.433 e. The maximum Gasteiger partial charge on any atom is 0.387 e. The lowest BCUT2D eigenvalue weighted by Gasteiger charge is -2.43. The predicted molar refractivity (Wildman–Crippen MR) is 83.6 cm³/mol. The number of amides is 1. The fourth-order valence-corrected chi connectivity index (χ4v) is 3.48. The molecule has 5 nitrogen and oxygen atoms in total. The van der Waals surface area contributed by atoms with Gasteiger partial charge in [-0.1, -0.05) is 17.7 Å². The third kappa shape index (κ3) is 3.52. The van der Waals surface area contributed by atoms with E-state index in [0.29, 0.717) is 32.6 Å². The molecule has 3 rings (SSSR count). The van der Waals surface area contributed by atoms with Gasteiger partial charge in [-0.25, -0.2) is 0 Å². The number of carbonyl (C=O) groups is 2. The van der Waals surface area contributed by atoms with E-state index >= 15 is 0 Å². The maximum absolute atomic E-state index is 12.7. The number of nitrogens with zero attached hydrogens (tertiary/aromatic N) is 2. The van der Waals surface area contributed by atoms with Gasteiger partial charge in [0.15, 0.2) is 0 Å². The van der Waals surface area contributed by atoms with Crippen LogP contribution < -0.4 is 4.74 Å². The van der Waals surface area contributed by atoms with Crippen molar-refractivity contribution >= 4 is 23.3 Å². The van der Waals surface area contributed by atoms with Crippen molar-refractivity contribution in [2.45, 2.75) is 25.5 Å². The molecule has 0 aliphatic carbocycles. The highest BCUT2D eigenvalue weighted by atomic mass is 35.5. The second-order valence-electron chi connectivity index (χ2n) is 5.95. The van der Waals surface area contributed by atoms with Gasteiger partial charge in [0.1, 0.15) is 11.5 Å². The minimum absolute atomic E-state index is 0.107. The van der Waals surface area contributed by atoms with Crippen LogP contribution in [-0.2, 0) is 4.79 Å². The number of fused-ring (bicyclic) bond motifs is 1. The van der Waals surface area contributed by atoms with Crippen LogP contribution in [0, 0.1) is 0 Å². The molecule has 0 bridgehead atoms. The summed E-state index contributed by atoms with van der Waals surface area (Å²) in [5, 5.41) is -0.107. The molecule has 1 atom stereocenters. The first kappa shape index (κ1) is 17.1. The number of halogens is 3. The van der Waals surface area contributed by atoms with E-state index in [1.54, 1.807) is 4.90 Å². The van der Waals surface area contributed by atoms with Crippen LogP contribution in [-0.4, -0.2) is 60.3 Å². The molecule has 0 aromatic heterocycles. The summed E-state index contributed by atoms with van der Waals surface area (Å²) in [7, 11) is 0. The SMILES string of the molecule is O=C1CCC2CN(C(=O)c3cccc(OC(F)F)c3Cl)CCN2C1. The number of benzene rings is 1. The molecule has 2 saturated heterocycles. The lowest BCUT2D eigenvalue weighted by Crippen LogP contribution is -2.57. The summed E-state index contributed by atoms with van der Waals surface area (Å²) in [4.78, 5) is 28.0. The van der Waals surface area contributed by atoms with Gasteiger partial charge < -0.3 is 9.64 Å². The number of carbonyl (C=O) groups excluding carboxylic acids is 2. The molecule has 0 spiro atoms. The molecule has 2 aliphatic heterocycles. The third-order valence-corrected chi connectivity index (χ3v) is 4.83. The lowest BCUT2D eigenvalue weighted by molar-refractivity contribution is -0.124. The predicted octanol–water partition coefficient (Wildman–Crippen LogP) is 2.43. The minimum atomic E-state index is -3.00. The zero-order valence-electron chi connectivity index (χ0n) is 12.9. The summed E-state index contributed by atoms with van der Waals surface area (Å²) >= 11 is 6.06. The molecule has 24 heavy (non-hydrogen) atoms. The van der Waals surface area contributed by atoms with Gasteiger partial charge in [-0.05, 0) is 18.6 Å². The van der Waals surface area contributed by atoms with E-state index in [2.05, 4.69) is 9.64 Å². The summed E-state index contributed by atoms with van der Waals surface area (Å²) in [6.07, 6.45) is 1.26. The van der Waals surface area contributed by atoms with Crippen molar-refractivity contribution < 1.29 is 23.1 Å². The van der Waals surface area contributed by atoms with Gasteiger partial charge in [0, 0.05) is 32.1 Å². The fourth-order valence-electron chi connectivity index (χ4n) is 3.23. The van der Waals surface area contributed by atoms with Gasteiger partial charge in [-0.15, -0.1) is 0 Å². The number of ether oxygens (including phenoxy) is 1. The molecule has 0 N–H and O–H groups in total. The Kier molecular flexibility index (Phi) is 5.01. The van der Waals surface area contributed by atoms with E-state index in [1.165, 1.54) is 18.2 Å². The first-order valence-electron chi connectivity index (χ1n) is 7.74. The summed E-state index contributed by atoms with van der Waals surface area (Å²) in [6.45, 7) is -0.976. The molecular formula is C16H17ClF2N2O3. The smallest absolute Gasteiger partial charge is 0.387 e. The van der Waals surface area contributed by atoms with Gasteiger partial charge in [-0.2, -0.15) is 8.78 Å². The average molecular weight is 359 g/mol. The third-order valence-electron chi connectivity index (χ3n) is 4.44. The quantitative estimate of drug-likeness (QED) is 0.832. The van der Waals surface area contributed by atoms with Crippen molar-refractivity contribution in [3.05, 3.63) is 28.8 Å². The van der Waals surface area contributed by atoms with Crippen molar-refractivity contribution in [3.8, 4) is 5.75 Å². The van der Waals surface area contributed by atoms with Gasteiger partial charge in [0.2, 0.25) is 0 Å². The van der Waals surface area contributed by atoms with E-state index in [1.807, 2.05) is 0 Å². The molecule has 8 heteroatoms.